The van der Waals surface area contributed by atoms with Gasteiger partial charge in [0.2, 0.25) is 0 Å². The monoisotopic (exact) mass is 391 g/mol. The molecule has 0 aromatic heterocycles. The summed E-state index contributed by atoms with van der Waals surface area (Å²) in [5, 5.41) is 2.81. The molecule has 5 rings (SSSR count). The zero-order valence-electron chi connectivity index (χ0n) is 18.5. The summed E-state index contributed by atoms with van der Waals surface area (Å²) < 4.78 is 0. The summed E-state index contributed by atoms with van der Waals surface area (Å²) in [7, 11) is 0. The first-order valence-electron chi connectivity index (χ1n) is 10.8. The topological polar surface area (TPSA) is 3.24 Å². The Labute approximate surface area is 180 Å². The van der Waals surface area contributed by atoms with Crippen molar-refractivity contribution in [1.29, 1.82) is 0 Å². The lowest BCUT2D eigenvalue weighted by Crippen LogP contribution is -2.55. The molecule has 0 saturated heterocycles. The average Bonchev–Trinajstić information content (AvgIpc) is 2.73. The maximum atomic E-state index is 2.63. The van der Waals surface area contributed by atoms with Crippen LogP contribution in [0.15, 0.2) is 84.9 Å². The number of nitrogens with zero attached hydrogens (tertiary/aromatic N) is 1. The van der Waals surface area contributed by atoms with E-state index in [-0.39, 0.29) is 11.1 Å². The van der Waals surface area contributed by atoms with E-state index in [1.807, 2.05) is 0 Å². The summed E-state index contributed by atoms with van der Waals surface area (Å²) in [4.78, 5) is 2.63. The Kier molecular flexibility index (Phi) is 4.08. The summed E-state index contributed by atoms with van der Waals surface area (Å²) >= 11 is 0. The fraction of sp³-hybridized carbons (Fsp3) is 0.241. The van der Waals surface area contributed by atoms with E-state index in [1.54, 1.807) is 0 Å². The molecule has 1 aliphatic heterocycles. The molecule has 0 bridgehead atoms. The number of rotatable bonds is 2. The molecular formula is C29H29N. The van der Waals surface area contributed by atoms with Crippen LogP contribution in [0.5, 0.6) is 0 Å². The van der Waals surface area contributed by atoms with Gasteiger partial charge >= 0.3 is 0 Å². The van der Waals surface area contributed by atoms with Crippen LogP contribution in [-0.2, 0) is 11.1 Å². The lowest BCUT2D eigenvalue weighted by Gasteiger charge is -2.55. The van der Waals surface area contributed by atoms with Crippen LogP contribution < -0.4 is 4.90 Å². The summed E-state index contributed by atoms with van der Waals surface area (Å²) in [5.74, 6) is 0. The third kappa shape index (κ3) is 2.55. The summed E-state index contributed by atoms with van der Waals surface area (Å²) in [6.07, 6.45) is 0. The SMILES string of the molecule is Cc1ccc2c3c(cccc13)C(C)(C)N(c1ccccc1-c1ccccc1)C2(C)C. The Morgan fingerprint density at radius 3 is 1.97 bits per heavy atom. The molecule has 0 aliphatic carbocycles. The molecule has 4 aromatic carbocycles. The van der Waals surface area contributed by atoms with E-state index in [0.29, 0.717) is 0 Å². The van der Waals surface area contributed by atoms with Crippen LogP contribution >= 0.6 is 0 Å². The van der Waals surface area contributed by atoms with Crippen molar-refractivity contribution in [2.45, 2.75) is 45.7 Å². The smallest absolute Gasteiger partial charge is 0.0612 e. The largest absolute Gasteiger partial charge is 0.353 e. The molecule has 0 spiro atoms. The first-order chi connectivity index (χ1) is 14.3. The predicted molar refractivity (Wildman–Crippen MR) is 129 cm³/mol. The van der Waals surface area contributed by atoms with Gasteiger partial charge in [-0.2, -0.15) is 0 Å². The molecule has 0 N–H and O–H groups in total. The number of anilines is 1. The van der Waals surface area contributed by atoms with E-state index in [4.69, 9.17) is 0 Å². The van der Waals surface area contributed by atoms with Gasteiger partial charge in [-0.05, 0) is 73.7 Å². The van der Waals surface area contributed by atoms with Gasteiger partial charge in [-0.25, -0.2) is 0 Å². The summed E-state index contributed by atoms with van der Waals surface area (Å²) in [6.45, 7) is 11.7. The number of hydrogen-bond donors (Lipinski definition) is 0. The minimum atomic E-state index is -0.158. The lowest BCUT2D eigenvalue weighted by molar-refractivity contribution is 0.343. The number of para-hydroxylation sites is 1. The van der Waals surface area contributed by atoms with Gasteiger partial charge < -0.3 is 4.90 Å². The van der Waals surface area contributed by atoms with Crippen LogP contribution in [0.3, 0.4) is 0 Å². The molecule has 150 valence electrons. The Bertz CT molecular complexity index is 1230. The molecule has 1 aliphatic rings. The lowest BCUT2D eigenvalue weighted by atomic mass is 9.72. The number of benzene rings is 4. The second-order valence-electron chi connectivity index (χ2n) is 9.49. The van der Waals surface area contributed by atoms with Crippen molar-refractivity contribution < 1.29 is 0 Å². The van der Waals surface area contributed by atoms with Crippen LogP contribution in [0.25, 0.3) is 21.9 Å². The van der Waals surface area contributed by atoms with Gasteiger partial charge in [-0.15, -0.1) is 0 Å². The third-order valence-electron chi connectivity index (χ3n) is 6.92. The molecule has 4 aromatic rings. The van der Waals surface area contributed by atoms with E-state index in [1.165, 1.54) is 44.3 Å². The van der Waals surface area contributed by atoms with Gasteiger partial charge in [0.1, 0.15) is 0 Å². The van der Waals surface area contributed by atoms with E-state index in [9.17, 15) is 0 Å². The van der Waals surface area contributed by atoms with Crippen LogP contribution in [-0.4, -0.2) is 0 Å². The Balaban J connectivity index is 1.83. The molecule has 1 nitrogen and oxygen atoms in total. The van der Waals surface area contributed by atoms with Crippen molar-refractivity contribution in [3.05, 3.63) is 102 Å². The first-order valence-corrected chi connectivity index (χ1v) is 10.8. The summed E-state index contributed by atoms with van der Waals surface area (Å²) in [6, 6.07) is 31.0. The first kappa shape index (κ1) is 18.9. The van der Waals surface area contributed by atoms with Gasteiger partial charge in [0.15, 0.2) is 0 Å². The maximum Gasteiger partial charge on any atom is 0.0612 e. The predicted octanol–water partition coefficient (Wildman–Crippen LogP) is 7.81. The van der Waals surface area contributed by atoms with Crippen LogP contribution in [0.1, 0.15) is 44.4 Å². The minimum Gasteiger partial charge on any atom is -0.353 e. The van der Waals surface area contributed by atoms with Gasteiger partial charge in [0.25, 0.3) is 0 Å². The zero-order chi connectivity index (χ0) is 21.1. The number of hydrogen-bond acceptors (Lipinski definition) is 1. The van der Waals surface area contributed by atoms with E-state index in [0.717, 1.165) is 0 Å². The molecule has 0 amide bonds. The van der Waals surface area contributed by atoms with E-state index >= 15 is 0 Å². The molecule has 1 heterocycles. The van der Waals surface area contributed by atoms with E-state index in [2.05, 4.69) is 124 Å². The van der Waals surface area contributed by atoms with Crippen LogP contribution in [0, 0.1) is 6.92 Å². The van der Waals surface area contributed by atoms with Crippen molar-refractivity contribution >= 4 is 16.5 Å². The second kappa shape index (κ2) is 6.47. The fourth-order valence-electron chi connectivity index (χ4n) is 5.64. The van der Waals surface area contributed by atoms with Crippen molar-refractivity contribution in [2.75, 3.05) is 4.90 Å². The Hall–Kier alpha value is -3.06. The highest BCUT2D eigenvalue weighted by atomic mass is 15.3. The molecule has 0 radical (unpaired) electrons. The summed E-state index contributed by atoms with van der Waals surface area (Å²) in [5.41, 5.74) is 7.65. The van der Waals surface area contributed by atoms with Crippen molar-refractivity contribution in [3.63, 3.8) is 0 Å². The molecular weight excluding hydrogens is 362 g/mol. The van der Waals surface area contributed by atoms with Gasteiger partial charge in [0.05, 0.1) is 11.1 Å². The van der Waals surface area contributed by atoms with Crippen molar-refractivity contribution in [3.8, 4) is 11.1 Å². The van der Waals surface area contributed by atoms with Crippen LogP contribution in [0.4, 0.5) is 5.69 Å². The van der Waals surface area contributed by atoms with Gasteiger partial charge in [0, 0.05) is 11.3 Å². The normalized spacial score (nSPS) is 16.6. The van der Waals surface area contributed by atoms with Crippen LogP contribution in [0.2, 0.25) is 0 Å². The van der Waals surface area contributed by atoms with Crippen molar-refractivity contribution in [1.82, 2.24) is 0 Å². The second-order valence-corrected chi connectivity index (χ2v) is 9.49. The highest BCUT2D eigenvalue weighted by molar-refractivity contribution is 5.96. The highest BCUT2D eigenvalue weighted by Gasteiger charge is 2.46. The molecule has 1 heteroatoms. The zero-order valence-corrected chi connectivity index (χ0v) is 18.5. The fourth-order valence-corrected chi connectivity index (χ4v) is 5.64. The molecule has 0 unspecified atom stereocenters. The molecule has 0 atom stereocenters. The minimum absolute atomic E-state index is 0.158. The van der Waals surface area contributed by atoms with E-state index < -0.39 is 0 Å². The van der Waals surface area contributed by atoms with Gasteiger partial charge in [-0.1, -0.05) is 78.9 Å². The molecule has 0 saturated carbocycles. The maximum absolute atomic E-state index is 2.63. The van der Waals surface area contributed by atoms with Gasteiger partial charge in [-0.3, -0.25) is 0 Å². The Morgan fingerprint density at radius 1 is 0.600 bits per heavy atom. The quantitative estimate of drug-likeness (QED) is 0.337. The average molecular weight is 392 g/mol. The third-order valence-corrected chi connectivity index (χ3v) is 6.92. The molecule has 30 heavy (non-hydrogen) atoms. The Morgan fingerprint density at radius 2 is 1.23 bits per heavy atom. The highest BCUT2D eigenvalue weighted by Crippen LogP contribution is 2.53. The molecule has 0 fully saturated rings. The van der Waals surface area contributed by atoms with Crippen molar-refractivity contribution in [2.24, 2.45) is 0 Å². The number of aryl methyl sites for hydroxylation is 1. The standard InChI is InChI=1S/C29H29N/c1-20-18-19-25-27-22(20)15-11-16-24(27)28(2,3)30(29(25,4)5)26-17-10-9-14-23(26)21-12-7-6-8-13-21/h6-19H,1-5H3.